The number of carbonyl (C=O) groups is 1. The average molecular weight is 367 g/mol. The third-order valence-corrected chi connectivity index (χ3v) is 11.5. The van der Waals surface area contributed by atoms with Gasteiger partial charge in [-0.05, 0) is 62.1 Å². The van der Waals surface area contributed by atoms with Gasteiger partial charge < -0.3 is 9.16 Å². The van der Waals surface area contributed by atoms with Crippen LogP contribution in [-0.4, -0.2) is 27.0 Å². The molecule has 0 aromatic heterocycles. The number of hydrogen-bond acceptors (Lipinski definition) is 3. The molecule has 1 fully saturated rings. The predicted octanol–water partition coefficient (Wildman–Crippen LogP) is 5.86. The fraction of sp³-hybridized carbons (Fsp3) is 0.857. The van der Waals surface area contributed by atoms with Crippen molar-refractivity contribution in [2.45, 2.75) is 97.4 Å². The molecule has 144 valence electrons. The summed E-state index contributed by atoms with van der Waals surface area (Å²) in [6.45, 7) is 16.4. The maximum absolute atomic E-state index is 11.8. The van der Waals surface area contributed by atoms with E-state index in [2.05, 4.69) is 46.9 Å². The molecule has 2 aliphatic rings. The summed E-state index contributed by atoms with van der Waals surface area (Å²) in [7, 11) is -1.75. The normalized spacial score (nSPS) is 30.0. The highest BCUT2D eigenvalue weighted by molar-refractivity contribution is 6.74. The Hall–Kier alpha value is -0.613. The van der Waals surface area contributed by atoms with Gasteiger partial charge >= 0.3 is 5.97 Å². The van der Waals surface area contributed by atoms with Crippen molar-refractivity contribution in [3.8, 4) is 0 Å². The number of allylic oxidation sites excluding steroid dienone is 2. The fourth-order valence-corrected chi connectivity index (χ4v) is 5.73. The maximum atomic E-state index is 11.8. The van der Waals surface area contributed by atoms with Gasteiger partial charge in [-0.3, -0.25) is 4.79 Å². The maximum Gasteiger partial charge on any atom is 0.306 e. The predicted molar refractivity (Wildman–Crippen MR) is 106 cm³/mol. The highest BCUT2D eigenvalue weighted by Crippen LogP contribution is 2.55. The molecule has 0 aromatic rings. The molecule has 0 heterocycles. The van der Waals surface area contributed by atoms with Gasteiger partial charge in [0.15, 0.2) is 8.32 Å². The van der Waals surface area contributed by atoms with E-state index in [-0.39, 0.29) is 16.4 Å². The number of carbonyl (C=O) groups excluding carboxylic acids is 1. The molecule has 0 aliphatic heterocycles. The second-order valence-corrected chi connectivity index (χ2v) is 14.4. The van der Waals surface area contributed by atoms with Gasteiger partial charge in [0.2, 0.25) is 0 Å². The number of hydrogen-bond donors (Lipinski definition) is 0. The molecule has 0 spiro atoms. The quantitative estimate of drug-likeness (QED) is 0.336. The largest absolute Gasteiger partial charge is 0.466 e. The highest BCUT2D eigenvalue weighted by Gasteiger charge is 2.50. The SMILES string of the molecule is CCOC(=O)CCC1=CC[C@H]2C(O[Si](C)(C)C(C)(C)C)CCC[C@]12C. The van der Waals surface area contributed by atoms with Crippen LogP contribution in [0, 0.1) is 11.3 Å². The lowest BCUT2D eigenvalue weighted by molar-refractivity contribution is -0.143. The minimum Gasteiger partial charge on any atom is -0.466 e. The van der Waals surface area contributed by atoms with Crippen LogP contribution in [0.15, 0.2) is 11.6 Å². The van der Waals surface area contributed by atoms with E-state index < -0.39 is 8.32 Å². The molecule has 0 radical (unpaired) electrons. The van der Waals surface area contributed by atoms with Crippen molar-refractivity contribution in [2.24, 2.45) is 11.3 Å². The van der Waals surface area contributed by atoms with E-state index in [9.17, 15) is 4.79 Å². The van der Waals surface area contributed by atoms with E-state index in [0.717, 1.165) is 12.8 Å². The molecule has 4 heteroatoms. The zero-order valence-corrected chi connectivity index (χ0v) is 18.4. The van der Waals surface area contributed by atoms with Crippen molar-refractivity contribution < 1.29 is 14.0 Å². The van der Waals surface area contributed by atoms with E-state index >= 15 is 0 Å². The van der Waals surface area contributed by atoms with E-state index in [0.29, 0.717) is 25.0 Å². The fourth-order valence-electron chi connectivity index (χ4n) is 4.33. The van der Waals surface area contributed by atoms with Crippen LogP contribution in [0.25, 0.3) is 0 Å². The molecule has 3 atom stereocenters. The van der Waals surface area contributed by atoms with Crippen LogP contribution in [0.4, 0.5) is 0 Å². The Morgan fingerprint density at radius 2 is 2.04 bits per heavy atom. The standard InChI is InChI=1S/C21H38O3Si/c1-8-23-19(22)14-12-16-11-13-17-18(10-9-15-21(16,17)5)24-25(6,7)20(2,3)4/h11,17-18H,8-10,12-15H2,1-7H3/t17-,18?,21+/m0/s1. The Morgan fingerprint density at radius 1 is 1.36 bits per heavy atom. The zero-order chi connectivity index (χ0) is 18.9. The van der Waals surface area contributed by atoms with Gasteiger partial charge in [-0.2, -0.15) is 0 Å². The smallest absolute Gasteiger partial charge is 0.306 e. The van der Waals surface area contributed by atoms with E-state index in [1.54, 1.807) is 0 Å². The van der Waals surface area contributed by atoms with Crippen LogP contribution in [0.5, 0.6) is 0 Å². The second kappa shape index (κ2) is 7.56. The topological polar surface area (TPSA) is 35.5 Å². The number of fused-ring (bicyclic) bond motifs is 1. The highest BCUT2D eigenvalue weighted by atomic mass is 28.4. The molecular weight excluding hydrogens is 328 g/mol. The Kier molecular flexibility index (Phi) is 6.25. The molecule has 0 bridgehead atoms. The summed E-state index contributed by atoms with van der Waals surface area (Å²) in [5, 5.41) is 0.250. The van der Waals surface area contributed by atoms with Gasteiger partial charge in [-0.15, -0.1) is 0 Å². The lowest BCUT2D eigenvalue weighted by Crippen LogP contribution is -2.49. The van der Waals surface area contributed by atoms with Crippen molar-refractivity contribution in [3.05, 3.63) is 11.6 Å². The third kappa shape index (κ3) is 4.39. The van der Waals surface area contributed by atoms with Gasteiger partial charge in [0.1, 0.15) is 0 Å². The molecule has 2 aliphatic carbocycles. The first-order chi connectivity index (χ1) is 11.5. The summed E-state index contributed by atoms with van der Waals surface area (Å²) in [6.07, 6.45) is 8.87. The van der Waals surface area contributed by atoms with Crippen molar-refractivity contribution in [1.82, 2.24) is 0 Å². The number of ether oxygens (including phenoxy) is 1. The Bertz CT molecular complexity index is 518. The van der Waals surface area contributed by atoms with Gasteiger partial charge in [0, 0.05) is 12.5 Å². The molecule has 2 rings (SSSR count). The van der Waals surface area contributed by atoms with E-state index in [1.165, 1.54) is 24.8 Å². The molecule has 0 amide bonds. The summed E-state index contributed by atoms with van der Waals surface area (Å²) in [5.41, 5.74) is 1.67. The Labute approximate surface area is 155 Å². The Morgan fingerprint density at radius 3 is 2.64 bits per heavy atom. The van der Waals surface area contributed by atoms with Gasteiger partial charge in [-0.25, -0.2) is 0 Å². The molecule has 1 unspecified atom stereocenters. The zero-order valence-electron chi connectivity index (χ0n) is 17.4. The molecular formula is C21H38O3Si. The monoisotopic (exact) mass is 366 g/mol. The minimum absolute atomic E-state index is 0.0691. The Balaban J connectivity index is 2.05. The minimum atomic E-state index is -1.75. The summed E-state index contributed by atoms with van der Waals surface area (Å²) in [6, 6.07) is 0. The lowest BCUT2D eigenvalue weighted by atomic mass is 9.64. The van der Waals surface area contributed by atoms with Crippen molar-refractivity contribution in [2.75, 3.05) is 6.61 Å². The van der Waals surface area contributed by atoms with Crippen LogP contribution in [0.3, 0.4) is 0 Å². The summed E-state index contributed by atoms with van der Waals surface area (Å²) < 4.78 is 12.0. The van der Waals surface area contributed by atoms with Crippen molar-refractivity contribution in [3.63, 3.8) is 0 Å². The van der Waals surface area contributed by atoms with Crippen LogP contribution >= 0.6 is 0 Å². The van der Waals surface area contributed by atoms with Gasteiger partial charge in [-0.1, -0.05) is 45.8 Å². The summed E-state index contributed by atoms with van der Waals surface area (Å²) in [5.74, 6) is 0.507. The lowest BCUT2D eigenvalue weighted by Gasteiger charge is -2.48. The first-order valence-electron chi connectivity index (χ1n) is 10.0. The van der Waals surface area contributed by atoms with Crippen LogP contribution in [0.2, 0.25) is 18.1 Å². The third-order valence-electron chi connectivity index (χ3n) is 6.96. The molecule has 1 saturated carbocycles. The second-order valence-electron chi connectivity index (χ2n) is 9.60. The van der Waals surface area contributed by atoms with Crippen molar-refractivity contribution >= 4 is 14.3 Å². The first-order valence-corrected chi connectivity index (χ1v) is 12.9. The van der Waals surface area contributed by atoms with Crippen molar-refractivity contribution in [1.29, 1.82) is 0 Å². The number of esters is 1. The van der Waals surface area contributed by atoms with Crippen LogP contribution in [0.1, 0.15) is 73.1 Å². The van der Waals surface area contributed by atoms with E-state index in [1.807, 2.05) is 6.92 Å². The van der Waals surface area contributed by atoms with Gasteiger partial charge in [0.05, 0.1) is 6.61 Å². The van der Waals surface area contributed by atoms with Gasteiger partial charge in [0.25, 0.3) is 0 Å². The first kappa shape index (κ1) is 20.7. The molecule has 0 N–H and O–H groups in total. The molecule has 0 aromatic carbocycles. The van der Waals surface area contributed by atoms with Crippen LogP contribution < -0.4 is 0 Å². The van der Waals surface area contributed by atoms with Crippen LogP contribution in [-0.2, 0) is 14.0 Å². The number of rotatable bonds is 6. The average Bonchev–Trinajstić information content (AvgIpc) is 2.81. The molecule has 0 saturated heterocycles. The summed E-state index contributed by atoms with van der Waals surface area (Å²) in [4.78, 5) is 11.8. The summed E-state index contributed by atoms with van der Waals surface area (Å²) >= 11 is 0. The van der Waals surface area contributed by atoms with E-state index in [4.69, 9.17) is 9.16 Å². The molecule has 3 nitrogen and oxygen atoms in total. The molecule has 25 heavy (non-hydrogen) atoms.